The predicted molar refractivity (Wildman–Crippen MR) is 83.0 cm³/mol. The first-order valence-corrected chi connectivity index (χ1v) is 8.13. The number of likely N-dealkylation sites (N-methyl/N-ethyl adjacent to an activating group) is 1. The molecule has 1 amide bonds. The third-order valence-corrected chi connectivity index (χ3v) is 4.17. The molecule has 0 saturated carbocycles. The Kier molecular flexibility index (Phi) is 10.4. The van der Waals surface area contributed by atoms with Crippen LogP contribution in [0, 0.1) is 0 Å². The summed E-state index contributed by atoms with van der Waals surface area (Å²) in [7, 11) is 1.78. The summed E-state index contributed by atoms with van der Waals surface area (Å²) < 4.78 is 0. The zero-order chi connectivity index (χ0) is 15.5. The molecule has 0 heterocycles. The second-order valence-electron chi connectivity index (χ2n) is 4.74. The quantitative estimate of drug-likeness (QED) is 0.560. The summed E-state index contributed by atoms with van der Waals surface area (Å²) >= 11 is 1.69. The van der Waals surface area contributed by atoms with E-state index >= 15 is 0 Å². The molecule has 0 aliphatic carbocycles. The first-order valence-electron chi connectivity index (χ1n) is 6.97. The lowest BCUT2D eigenvalue weighted by Gasteiger charge is -2.16. The lowest BCUT2D eigenvalue weighted by Crippen LogP contribution is -2.39. The van der Waals surface area contributed by atoms with Gasteiger partial charge in [0, 0.05) is 19.1 Å². The second-order valence-corrected chi connectivity index (χ2v) is 5.89. The van der Waals surface area contributed by atoms with Crippen molar-refractivity contribution < 1.29 is 14.4 Å². The molecule has 0 radical (unpaired) electrons. The molecule has 2 atom stereocenters. The van der Waals surface area contributed by atoms with E-state index in [0.717, 1.165) is 17.9 Å². The molecule has 2 unspecified atom stereocenters. The maximum absolute atomic E-state index is 11.7. The minimum absolute atomic E-state index is 0.0713. The fourth-order valence-electron chi connectivity index (χ4n) is 1.80. The lowest BCUT2D eigenvalue weighted by atomic mass is 10.1. The molecule has 0 fully saturated rings. The average molecular weight is 302 g/mol. The first kappa shape index (κ1) is 19.1. The van der Waals surface area contributed by atoms with Crippen molar-refractivity contribution in [2.75, 3.05) is 18.6 Å². The Labute approximate surface area is 125 Å². The van der Waals surface area contributed by atoms with E-state index in [1.807, 2.05) is 0 Å². The van der Waals surface area contributed by atoms with Crippen LogP contribution in [-0.2, 0) is 14.4 Å². The van der Waals surface area contributed by atoms with Crippen molar-refractivity contribution in [3.8, 4) is 0 Å². The number of Topliss-reactive ketones (excluding diaryl/α,β-unsaturated/α-hetero) is 2. The Hall–Kier alpha value is -0.880. The van der Waals surface area contributed by atoms with Gasteiger partial charge in [-0.2, -0.15) is 11.8 Å². The Morgan fingerprint density at radius 2 is 1.80 bits per heavy atom. The van der Waals surface area contributed by atoms with Gasteiger partial charge in [-0.05, 0) is 32.6 Å². The van der Waals surface area contributed by atoms with Gasteiger partial charge in [-0.25, -0.2) is 0 Å². The van der Waals surface area contributed by atoms with E-state index in [1.165, 1.54) is 6.92 Å². The van der Waals surface area contributed by atoms with E-state index in [9.17, 15) is 14.4 Å². The fraction of sp³-hybridized carbons (Fsp3) is 0.786. The Morgan fingerprint density at radius 1 is 1.15 bits per heavy atom. The maximum atomic E-state index is 11.7. The normalized spacial score (nSPS) is 13.6. The van der Waals surface area contributed by atoms with E-state index in [4.69, 9.17) is 0 Å². The monoisotopic (exact) mass is 302 g/mol. The summed E-state index contributed by atoms with van der Waals surface area (Å²) in [4.78, 5) is 34.0. The second kappa shape index (κ2) is 10.9. The minimum Gasteiger partial charge on any atom is -0.347 e. The van der Waals surface area contributed by atoms with Crippen LogP contribution in [0.25, 0.3) is 0 Å². The van der Waals surface area contributed by atoms with Gasteiger partial charge in [0.25, 0.3) is 0 Å². The lowest BCUT2D eigenvalue weighted by molar-refractivity contribution is -0.126. The topological polar surface area (TPSA) is 75.3 Å². The Balaban J connectivity index is 3.97. The van der Waals surface area contributed by atoms with Crippen molar-refractivity contribution in [1.82, 2.24) is 10.6 Å². The first-order chi connectivity index (χ1) is 9.42. The SMILES string of the molecule is CCC(=O)C(CCCSCC(NC)C(C)=O)NC(C)=O. The number of hydrogen-bond donors (Lipinski definition) is 2. The van der Waals surface area contributed by atoms with Gasteiger partial charge in [-0.1, -0.05) is 6.92 Å². The van der Waals surface area contributed by atoms with Crippen molar-refractivity contribution in [3.63, 3.8) is 0 Å². The van der Waals surface area contributed by atoms with Crippen LogP contribution in [0.2, 0.25) is 0 Å². The predicted octanol–water partition coefficient (Wildman–Crippen LogP) is 1.16. The van der Waals surface area contributed by atoms with Crippen LogP contribution in [0.15, 0.2) is 0 Å². The molecule has 116 valence electrons. The van der Waals surface area contributed by atoms with Crippen molar-refractivity contribution in [2.45, 2.75) is 52.1 Å². The van der Waals surface area contributed by atoms with Crippen LogP contribution in [0.5, 0.6) is 0 Å². The number of carbonyl (C=O) groups excluding carboxylic acids is 3. The number of ketones is 2. The molecular weight excluding hydrogens is 276 g/mol. The summed E-state index contributed by atoms with van der Waals surface area (Å²) in [5.41, 5.74) is 0. The molecule has 0 bridgehead atoms. The number of amides is 1. The van der Waals surface area contributed by atoms with E-state index in [2.05, 4.69) is 10.6 Å². The smallest absolute Gasteiger partial charge is 0.217 e. The molecule has 0 aromatic heterocycles. The standard InChI is InChI=1S/C14H26N2O3S/c1-5-14(19)12(16-11(3)18)7-6-8-20-9-13(15-4)10(2)17/h12-13,15H,5-9H2,1-4H3,(H,16,18). The summed E-state index contributed by atoms with van der Waals surface area (Å²) in [6, 6.07) is -0.477. The molecule has 0 aromatic carbocycles. The Bertz CT molecular complexity index is 334. The van der Waals surface area contributed by atoms with Gasteiger partial charge in [0.15, 0.2) is 5.78 Å². The van der Waals surface area contributed by atoms with Crippen molar-refractivity contribution in [1.29, 1.82) is 0 Å². The van der Waals surface area contributed by atoms with E-state index in [1.54, 1.807) is 32.7 Å². The number of nitrogens with one attached hydrogen (secondary N) is 2. The average Bonchev–Trinajstić information content (AvgIpc) is 2.39. The highest BCUT2D eigenvalue weighted by Crippen LogP contribution is 2.10. The number of thioether (sulfide) groups is 1. The van der Waals surface area contributed by atoms with E-state index < -0.39 is 0 Å². The van der Waals surface area contributed by atoms with Crippen LogP contribution < -0.4 is 10.6 Å². The number of hydrogen-bond acceptors (Lipinski definition) is 5. The molecule has 6 heteroatoms. The van der Waals surface area contributed by atoms with Gasteiger partial charge < -0.3 is 10.6 Å². The van der Waals surface area contributed by atoms with Crippen LogP contribution in [-0.4, -0.2) is 48.1 Å². The highest BCUT2D eigenvalue weighted by Gasteiger charge is 2.17. The van der Waals surface area contributed by atoms with Gasteiger partial charge in [0.05, 0.1) is 12.1 Å². The molecule has 5 nitrogen and oxygen atoms in total. The molecular formula is C14H26N2O3S. The molecule has 0 spiro atoms. The van der Waals surface area contributed by atoms with Gasteiger partial charge in [0.1, 0.15) is 5.78 Å². The molecule has 0 aliphatic heterocycles. The summed E-state index contributed by atoms with van der Waals surface area (Å²) in [6.45, 7) is 4.81. The molecule has 20 heavy (non-hydrogen) atoms. The fourth-order valence-corrected chi connectivity index (χ4v) is 2.97. The molecule has 2 N–H and O–H groups in total. The van der Waals surface area contributed by atoms with Gasteiger partial charge in [-0.3, -0.25) is 14.4 Å². The van der Waals surface area contributed by atoms with Gasteiger partial charge in [0.2, 0.25) is 5.91 Å². The van der Waals surface area contributed by atoms with Crippen molar-refractivity contribution in [3.05, 3.63) is 0 Å². The van der Waals surface area contributed by atoms with Crippen LogP contribution >= 0.6 is 11.8 Å². The van der Waals surface area contributed by atoms with E-state index in [-0.39, 0.29) is 29.6 Å². The van der Waals surface area contributed by atoms with Gasteiger partial charge in [-0.15, -0.1) is 0 Å². The molecule has 0 rings (SSSR count). The zero-order valence-corrected chi connectivity index (χ0v) is 13.6. The summed E-state index contributed by atoms with van der Waals surface area (Å²) in [5.74, 6) is 1.65. The minimum atomic E-state index is -0.369. The highest BCUT2D eigenvalue weighted by atomic mass is 32.2. The zero-order valence-electron chi connectivity index (χ0n) is 12.8. The third-order valence-electron chi connectivity index (χ3n) is 3.02. The van der Waals surface area contributed by atoms with Crippen molar-refractivity contribution >= 4 is 29.2 Å². The largest absolute Gasteiger partial charge is 0.347 e. The summed E-state index contributed by atoms with van der Waals surface area (Å²) in [6.07, 6.45) is 1.93. The Morgan fingerprint density at radius 3 is 2.25 bits per heavy atom. The summed E-state index contributed by atoms with van der Waals surface area (Å²) in [5, 5.41) is 5.67. The van der Waals surface area contributed by atoms with Crippen LogP contribution in [0.3, 0.4) is 0 Å². The van der Waals surface area contributed by atoms with Gasteiger partial charge >= 0.3 is 0 Å². The highest BCUT2D eigenvalue weighted by molar-refractivity contribution is 7.99. The molecule has 0 aliphatic rings. The van der Waals surface area contributed by atoms with Crippen LogP contribution in [0.1, 0.15) is 40.0 Å². The number of rotatable bonds is 11. The molecule has 0 aromatic rings. The third kappa shape index (κ3) is 8.32. The number of carbonyl (C=O) groups is 3. The van der Waals surface area contributed by atoms with Crippen LogP contribution in [0.4, 0.5) is 0 Å². The maximum Gasteiger partial charge on any atom is 0.217 e. The molecule has 0 saturated heterocycles. The van der Waals surface area contributed by atoms with Crippen molar-refractivity contribution in [2.24, 2.45) is 0 Å². The van der Waals surface area contributed by atoms with E-state index in [0.29, 0.717) is 12.8 Å².